The van der Waals surface area contributed by atoms with Gasteiger partial charge in [0.25, 0.3) is 0 Å². The van der Waals surface area contributed by atoms with Crippen LogP contribution in [-0.4, -0.2) is 33.9 Å². The molecule has 0 bridgehead atoms. The van der Waals surface area contributed by atoms with E-state index >= 15 is 0 Å². The number of H-pyrrole nitrogens is 1. The molecule has 1 amide bonds. The third-order valence-corrected chi connectivity index (χ3v) is 4.80. The molecule has 0 spiro atoms. The first-order valence-corrected chi connectivity index (χ1v) is 8.50. The number of hydrogen-bond acceptors (Lipinski definition) is 2. The molecule has 1 aromatic heterocycles. The zero-order chi connectivity index (χ0) is 16.2. The Kier molecular flexibility index (Phi) is 4.79. The molecule has 1 aliphatic rings. The molecule has 1 atom stereocenters. The summed E-state index contributed by atoms with van der Waals surface area (Å²) in [5.74, 6) is 2.02. The summed E-state index contributed by atoms with van der Waals surface area (Å²) in [6.07, 6.45) is 5.64. The van der Waals surface area contributed by atoms with E-state index in [9.17, 15) is 4.79 Å². The first-order valence-electron chi connectivity index (χ1n) is 8.50. The van der Waals surface area contributed by atoms with E-state index in [1.165, 1.54) is 0 Å². The standard InChI is InChI=1S/C19H25N3O/c1-14(2)17(15-6-4-3-5-7-15)19(23)22-12-8-16(9-13-22)18-20-10-11-21-18/h3-7,10-11,14,16-17H,8-9,12-13H2,1-2H3,(H,20,21)/t17-/m1/s1. The van der Waals surface area contributed by atoms with E-state index < -0.39 is 0 Å². The number of carbonyl (C=O) groups is 1. The minimum atomic E-state index is -0.0450. The fourth-order valence-electron chi connectivity index (χ4n) is 3.54. The summed E-state index contributed by atoms with van der Waals surface area (Å²) >= 11 is 0. The second-order valence-corrected chi connectivity index (χ2v) is 6.71. The second-order valence-electron chi connectivity index (χ2n) is 6.71. The molecule has 0 radical (unpaired) electrons. The van der Waals surface area contributed by atoms with E-state index in [2.05, 4.69) is 35.9 Å². The van der Waals surface area contributed by atoms with Crippen LogP contribution in [0.15, 0.2) is 42.7 Å². The van der Waals surface area contributed by atoms with Crippen LogP contribution in [0.2, 0.25) is 0 Å². The normalized spacial score (nSPS) is 17.4. The number of benzene rings is 1. The van der Waals surface area contributed by atoms with Crippen molar-refractivity contribution in [3.8, 4) is 0 Å². The van der Waals surface area contributed by atoms with Gasteiger partial charge in [-0.05, 0) is 24.3 Å². The van der Waals surface area contributed by atoms with Gasteiger partial charge in [0.05, 0.1) is 5.92 Å². The van der Waals surface area contributed by atoms with Crippen LogP contribution < -0.4 is 0 Å². The van der Waals surface area contributed by atoms with E-state index in [0.717, 1.165) is 37.3 Å². The number of aromatic amines is 1. The highest BCUT2D eigenvalue weighted by atomic mass is 16.2. The number of imidazole rings is 1. The number of likely N-dealkylation sites (tertiary alicyclic amines) is 1. The zero-order valence-electron chi connectivity index (χ0n) is 13.9. The van der Waals surface area contributed by atoms with Gasteiger partial charge in [0.15, 0.2) is 0 Å². The molecule has 0 saturated carbocycles. The summed E-state index contributed by atoms with van der Waals surface area (Å²) < 4.78 is 0. The third kappa shape index (κ3) is 3.46. The molecule has 4 heteroatoms. The Bertz CT molecular complexity index is 613. The monoisotopic (exact) mass is 311 g/mol. The molecule has 4 nitrogen and oxygen atoms in total. The highest BCUT2D eigenvalue weighted by molar-refractivity contribution is 5.84. The number of nitrogens with zero attached hydrogens (tertiary/aromatic N) is 2. The summed E-state index contributed by atoms with van der Waals surface area (Å²) in [4.78, 5) is 22.6. The van der Waals surface area contributed by atoms with Crippen LogP contribution in [0.25, 0.3) is 0 Å². The van der Waals surface area contributed by atoms with Crippen molar-refractivity contribution in [3.05, 3.63) is 54.1 Å². The predicted molar refractivity (Wildman–Crippen MR) is 91.2 cm³/mol. The predicted octanol–water partition coefficient (Wildman–Crippen LogP) is 3.56. The van der Waals surface area contributed by atoms with Crippen molar-refractivity contribution in [1.29, 1.82) is 0 Å². The summed E-state index contributed by atoms with van der Waals surface area (Å²) in [7, 11) is 0. The zero-order valence-corrected chi connectivity index (χ0v) is 13.9. The quantitative estimate of drug-likeness (QED) is 0.938. The van der Waals surface area contributed by atoms with Crippen molar-refractivity contribution in [3.63, 3.8) is 0 Å². The molecule has 1 fully saturated rings. The first kappa shape index (κ1) is 15.8. The molecule has 2 heterocycles. The Balaban J connectivity index is 1.68. The van der Waals surface area contributed by atoms with Gasteiger partial charge in [0, 0.05) is 31.4 Å². The fourth-order valence-corrected chi connectivity index (χ4v) is 3.54. The minimum Gasteiger partial charge on any atom is -0.348 e. The first-order chi connectivity index (χ1) is 11.2. The summed E-state index contributed by atoms with van der Waals surface area (Å²) in [5.41, 5.74) is 1.13. The van der Waals surface area contributed by atoms with Gasteiger partial charge in [-0.1, -0.05) is 44.2 Å². The SMILES string of the molecule is CC(C)[C@@H](C(=O)N1CCC(c2ncc[nH]2)CC1)c1ccccc1. The maximum Gasteiger partial charge on any atom is 0.230 e. The van der Waals surface area contributed by atoms with Gasteiger partial charge in [-0.2, -0.15) is 0 Å². The molecular weight excluding hydrogens is 286 g/mol. The Morgan fingerprint density at radius 2 is 1.91 bits per heavy atom. The van der Waals surface area contributed by atoms with E-state index in [1.54, 1.807) is 6.20 Å². The topological polar surface area (TPSA) is 49.0 Å². The van der Waals surface area contributed by atoms with Crippen molar-refractivity contribution in [1.82, 2.24) is 14.9 Å². The third-order valence-electron chi connectivity index (χ3n) is 4.80. The van der Waals surface area contributed by atoms with E-state index in [4.69, 9.17) is 0 Å². The molecule has 23 heavy (non-hydrogen) atoms. The molecule has 1 aliphatic heterocycles. The highest BCUT2D eigenvalue weighted by Crippen LogP contribution is 2.31. The molecular formula is C19H25N3O. The van der Waals surface area contributed by atoms with Crippen LogP contribution in [0.4, 0.5) is 0 Å². The highest BCUT2D eigenvalue weighted by Gasteiger charge is 2.31. The van der Waals surface area contributed by atoms with Gasteiger partial charge >= 0.3 is 0 Å². The van der Waals surface area contributed by atoms with Crippen molar-refractivity contribution in [2.24, 2.45) is 5.92 Å². The average molecular weight is 311 g/mol. The molecule has 2 aromatic rings. The number of carbonyl (C=O) groups excluding carboxylic acids is 1. The number of rotatable bonds is 4. The van der Waals surface area contributed by atoms with Crippen molar-refractivity contribution in [2.75, 3.05) is 13.1 Å². The molecule has 1 N–H and O–H groups in total. The van der Waals surface area contributed by atoms with Gasteiger partial charge in [0.2, 0.25) is 5.91 Å². The minimum absolute atomic E-state index is 0.0450. The molecule has 122 valence electrons. The fraction of sp³-hybridized carbons (Fsp3) is 0.474. The maximum absolute atomic E-state index is 13.0. The van der Waals surface area contributed by atoms with Crippen molar-refractivity contribution >= 4 is 5.91 Å². The van der Waals surface area contributed by atoms with Gasteiger partial charge in [0.1, 0.15) is 5.82 Å². The average Bonchev–Trinajstić information content (AvgIpc) is 3.10. The van der Waals surface area contributed by atoms with E-state index in [0.29, 0.717) is 11.8 Å². The van der Waals surface area contributed by atoms with Crippen LogP contribution in [0.3, 0.4) is 0 Å². The number of aromatic nitrogens is 2. The Morgan fingerprint density at radius 3 is 2.48 bits per heavy atom. The smallest absolute Gasteiger partial charge is 0.230 e. The van der Waals surface area contributed by atoms with Crippen molar-refractivity contribution in [2.45, 2.75) is 38.5 Å². The van der Waals surface area contributed by atoms with Crippen molar-refractivity contribution < 1.29 is 4.79 Å². The summed E-state index contributed by atoms with van der Waals surface area (Å²) in [6.45, 7) is 5.90. The summed E-state index contributed by atoms with van der Waals surface area (Å²) in [5, 5.41) is 0. The van der Waals surface area contributed by atoms with Crippen LogP contribution >= 0.6 is 0 Å². The lowest BCUT2D eigenvalue weighted by Gasteiger charge is -2.35. The number of nitrogens with one attached hydrogen (secondary N) is 1. The molecule has 1 aromatic carbocycles. The van der Waals surface area contributed by atoms with Crippen LogP contribution in [0.5, 0.6) is 0 Å². The lowest BCUT2D eigenvalue weighted by Crippen LogP contribution is -2.42. The molecule has 0 unspecified atom stereocenters. The molecule has 3 rings (SSSR count). The number of piperidine rings is 1. The molecule has 1 saturated heterocycles. The van der Waals surface area contributed by atoms with Gasteiger partial charge in [-0.3, -0.25) is 4.79 Å². The Hall–Kier alpha value is -2.10. The summed E-state index contributed by atoms with van der Waals surface area (Å²) in [6, 6.07) is 10.2. The lowest BCUT2D eigenvalue weighted by atomic mass is 9.86. The Labute approximate surface area is 137 Å². The maximum atomic E-state index is 13.0. The molecule has 0 aliphatic carbocycles. The largest absolute Gasteiger partial charge is 0.348 e. The van der Waals surface area contributed by atoms with Gasteiger partial charge in [-0.15, -0.1) is 0 Å². The number of hydrogen-bond donors (Lipinski definition) is 1. The van der Waals surface area contributed by atoms with E-state index in [1.807, 2.05) is 29.3 Å². The number of amides is 1. The van der Waals surface area contributed by atoms with Crippen LogP contribution in [0.1, 0.15) is 49.9 Å². The van der Waals surface area contributed by atoms with E-state index in [-0.39, 0.29) is 11.8 Å². The Morgan fingerprint density at radius 1 is 1.22 bits per heavy atom. The van der Waals surface area contributed by atoms with Gasteiger partial charge < -0.3 is 9.88 Å². The van der Waals surface area contributed by atoms with Crippen LogP contribution in [0, 0.1) is 5.92 Å². The lowest BCUT2D eigenvalue weighted by molar-refractivity contribution is -0.135. The second kappa shape index (κ2) is 6.99. The van der Waals surface area contributed by atoms with Crippen LogP contribution in [-0.2, 0) is 4.79 Å². The van der Waals surface area contributed by atoms with Gasteiger partial charge in [-0.25, -0.2) is 4.98 Å².